The van der Waals surface area contributed by atoms with Crippen LogP contribution in [-0.2, 0) is 19.0 Å². The number of carbonyl (C=O) groups excluding carboxylic acids is 1. The zero-order valence-electron chi connectivity index (χ0n) is 22.3. The number of hydrogen-bond donors (Lipinski definition) is 2. The molecule has 0 saturated heterocycles. The van der Waals surface area contributed by atoms with Crippen molar-refractivity contribution in [2.45, 2.75) is 75.6 Å². The largest absolute Gasteiger partial charge is 0.469 e. The third-order valence-corrected chi connectivity index (χ3v) is 12.3. The Morgan fingerprint density at radius 3 is 2.58 bits per heavy atom. The molecule has 7 heteroatoms. The van der Waals surface area contributed by atoms with E-state index in [1.54, 1.807) is 0 Å². The fourth-order valence-electron chi connectivity index (χ4n) is 11.2. The minimum absolute atomic E-state index is 0.000114. The Balaban J connectivity index is 1.45. The van der Waals surface area contributed by atoms with Crippen LogP contribution >= 0.6 is 0 Å². The molecule has 7 rings (SSSR count). The summed E-state index contributed by atoms with van der Waals surface area (Å²) in [4.78, 5) is 16.9. The summed E-state index contributed by atoms with van der Waals surface area (Å²) < 4.78 is 18.6. The van der Waals surface area contributed by atoms with Crippen molar-refractivity contribution in [2.75, 3.05) is 27.8 Å². The van der Waals surface area contributed by atoms with Crippen molar-refractivity contribution < 1.29 is 29.2 Å². The van der Waals surface area contributed by atoms with E-state index in [4.69, 9.17) is 14.2 Å². The standard InChI is InChI=1S/C29H41NO6/c1-7-35-20-11-8-16-12-14(2)27(30(4)5)23(24(16)36-20)18-10-9-17-15(3)28(32)19-13-26(18,22(19)21(17)28)29(33,34-6)25(27)31/h14,17-23,32-33H,3,7-13H2,1-2,4-6H3/t14-,17?,18-,19?,20+,21?,22?,23?,26+,27-,28?,29+/m0/s1. The van der Waals surface area contributed by atoms with E-state index >= 15 is 0 Å². The van der Waals surface area contributed by atoms with Gasteiger partial charge in [0.15, 0.2) is 6.29 Å². The van der Waals surface area contributed by atoms with Gasteiger partial charge in [-0.3, -0.25) is 9.69 Å². The molecule has 6 aliphatic carbocycles. The highest BCUT2D eigenvalue weighted by molar-refractivity contribution is 5.98. The molecular formula is C29H41NO6. The van der Waals surface area contributed by atoms with Crippen LogP contribution in [0.4, 0.5) is 0 Å². The molecule has 0 bridgehead atoms. The molecule has 0 radical (unpaired) electrons. The molecule has 2 N–H and O–H groups in total. The number of methoxy groups -OCH3 is 1. The normalized spacial score (nSPS) is 56.2. The molecule has 7 aliphatic rings. The number of ether oxygens (including phenoxy) is 3. The number of Topliss-reactive ketones (excluding diaryl/α,β-unsaturated/α-hetero) is 1. The van der Waals surface area contributed by atoms with E-state index in [1.165, 1.54) is 12.7 Å². The van der Waals surface area contributed by atoms with Crippen LogP contribution < -0.4 is 0 Å². The Morgan fingerprint density at radius 1 is 1.17 bits per heavy atom. The minimum Gasteiger partial charge on any atom is -0.469 e. The van der Waals surface area contributed by atoms with Crippen LogP contribution in [0.15, 0.2) is 23.5 Å². The molecule has 0 aromatic carbocycles. The van der Waals surface area contributed by atoms with Gasteiger partial charge in [-0.1, -0.05) is 13.5 Å². The smallest absolute Gasteiger partial charge is 0.234 e. The van der Waals surface area contributed by atoms with E-state index in [0.717, 1.165) is 43.4 Å². The van der Waals surface area contributed by atoms with Gasteiger partial charge >= 0.3 is 0 Å². The van der Waals surface area contributed by atoms with E-state index in [9.17, 15) is 15.0 Å². The molecule has 198 valence electrons. The summed E-state index contributed by atoms with van der Waals surface area (Å²) in [5.41, 5.74) is -0.217. The quantitative estimate of drug-likeness (QED) is 0.454. The van der Waals surface area contributed by atoms with Gasteiger partial charge in [-0.2, -0.15) is 0 Å². The van der Waals surface area contributed by atoms with E-state index in [-0.39, 0.29) is 53.5 Å². The first-order chi connectivity index (χ1) is 17.1. The summed E-state index contributed by atoms with van der Waals surface area (Å²) in [6.45, 7) is 9.02. The molecular weight excluding hydrogens is 458 g/mol. The second-order valence-electron chi connectivity index (χ2n) is 13.0. The van der Waals surface area contributed by atoms with Gasteiger partial charge in [-0.25, -0.2) is 0 Å². The predicted molar refractivity (Wildman–Crippen MR) is 131 cm³/mol. The number of likely N-dealkylation sites (N-methyl/N-ethyl adjacent to an activating group) is 1. The van der Waals surface area contributed by atoms with Crippen molar-refractivity contribution in [3.8, 4) is 0 Å². The van der Waals surface area contributed by atoms with Crippen molar-refractivity contribution in [1.82, 2.24) is 4.90 Å². The van der Waals surface area contributed by atoms with Gasteiger partial charge in [-0.05, 0) is 93.9 Å². The maximum absolute atomic E-state index is 14.9. The summed E-state index contributed by atoms with van der Waals surface area (Å²) in [5.74, 6) is -0.943. The summed E-state index contributed by atoms with van der Waals surface area (Å²) in [6.07, 6.45) is 4.56. The first kappa shape index (κ1) is 23.8. The molecule has 36 heavy (non-hydrogen) atoms. The highest BCUT2D eigenvalue weighted by Gasteiger charge is 2.91. The van der Waals surface area contributed by atoms with E-state index in [2.05, 4.69) is 13.5 Å². The highest BCUT2D eigenvalue weighted by atomic mass is 16.7. The molecule has 5 saturated carbocycles. The Kier molecular flexibility index (Phi) is 4.66. The lowest BCUT2D eigenvalue weighted by molar-refractivity contribution is -0.418. The zero-order valence-corrected chi connectivity index (χ0v) is 22.3. The van der Waals surface area contributed by atoms with E-state index < -0.39 is 22.3 Å². The number of aliphatic hydroxyl groups is 2. The molecule has 5 fully saturated rings. The summed E-state index contributed by atoms with van der Waals surface area (Å²) in [5, 5.41) is 24.0. The number of nitrogens with zero attached hydrogens (tertiary/aromatic N) is 1. The van der Waals surface area contributed by atoms with Crippen LogP contribution in [0, 0.1) is 46.8 Å². The van der Waals surface area contributed by atoms with Gasteiger partial charge in [-0.15, -0.1) is 0 Å². The van der Waals surface area contributed by atoms with Crippen molar-refractivity contribution in [3.63, 3.8) is 0 Å². The van der Waals surface area contributed by atoms with E-state index in [1.807, 2.05) is 25.9 Å². The molecule has 0 amide bonds. The van der Waals surface area contributed by atoms with Crippen LogP contribution in [0.1, 0.15) is 52.4 Å². The second kappa shape index (κ2) is 7.03. The summed E-state index contributed by atoms with van der Waals surface area (Å²) in [6, 6.07) is 0. The number of carbonyl (C=O) groups is 1. The van der Waals surface area contributed by atoms with Gasteiger partial charge in [0.05, 0.1) is 11.1 Å². The average molecular weight is 500 g/mol. The molecule has 1 spiro atoms. The van der Waals surface area contributed by atoms with Crippen molar-refractivity contribution in [2.24, 2.45) is 46.8 Å². The van der Waals surface area contributed by atoms with Crippen LogP contribution in [0.5, 0.6) is 0 Å². The second-order valence-corrected chi connectivity index (χ2v) is 13.0. The lowest BCUT2D eigenvalue weighted by Crippen LogP contribution is -2.90. The summed E-state index contributed by atoms with van der Waals surface area (Å²) in [7, 11) is 5.43. The van der Waals surface area contributed by atoms with Crippen molar-refractivity contribution in [3.05, 3.63) is 23.5 Å². The lowest BCUT2D eigenvalue weighted by atomic mass is 9.22. The van der Waals surface area contributed by atoms with Gasteiger partial charge in [0.25, 0.3) is 0 Å². The Hall–Kier alpha value is -1.25. The number of rotatable bonds is 4. The molecule has 7 nitrogen and oxygen atoms in total. The SMILES string of the molecule is C=C1C2CC[C@H]3C4C5=C(CC[C@H](OCC)O5)C[C@H](C)[C@@]4(N(C)C)C(=O)[C@@](O)(OC)[C@]34CC3C4C2C13O. The Morgan fingerprint density at radius 2 is 1.92 bits per heavy atom. The number of allylic oxidation sites excluding steroid dienone is 1. The Bertz CT molecular complexity index is 1090. The van der Waals surface area contributed by atoms with Gasteiger partial charge in [0.2, 0.25) is 11.6 Å². The lowest BCUT2D eigenvalue weighted by Gasteiger charge is -2.83. The van der Waals surface area contributed by atoms with Crippen LogP contribution in [0.3, 0.4) is 0 Å². The van der Waals surface area contributed by atoms with Gasteiger partial charge in [0.1, 0.15) is 5.76 Å². The van der Waals surface area contributed by atoms with Crippen LogP contribution in [0.2, 0.25) is 0 Å². The maximum atomic E-state index is 14.9. The predicted octanol–water partition coefficient (Wildman–Crippen LogP) is 2.87. The average Bonchev–Trinajstić information content (AvgIpc) is 2.87. The number of hydrogen-bond acceptors (Lipinski definition) is 7. The molecule has 1 heterocycles. The highest BCUT2D eigenvalue weighted by Crippen LogP contribution is 2.86. The Labute approximate surface area is 213 Å². The fraction of sp³-hybridized carbons (Fsp3) is 0.828. The fourth-order valence-corrected chi connectivity index (χ4v) is 11.2. The van der Waals surface area contributed by atoms with Gasteiger partial charge < -0.3 is 24.4 Å². The monoisotopic (exact) mass is 499 g/mol. The first-order valence-corrected chi connectivity index (χ1v) is 14.0. The minimum atomic E-state index is -1.90. The number of ketones is 1. The maximum Gasteiger partial charge on any atom is 0.234 e. The van der Waals surface area contributed by atoms with Crippen molar-refractivity contribution in [1.29, 1.82) is 0 Å². The third kappa shape index (κ3) is 2.12. The number of fused-ring (bicyclic) bond motifs is 4. The first-order valence-electron chi connectivity index (χ1n) is 14.0. The topological polar surface area (TPSA) is 88.5 Å². The van der Waals surface area contributed by atoms with Crippen LogP contribution in [0.25, 0.3) is 0 Å². The zero-order chi connectivity index (χ0) is 25.6. The molecule has 12 atom stereocenters. The molecule has 0 aromatic rings. The van der Waals surface area contributed by atoms with Gasteiger partial charge in [0, 0.05) is 37.4 Å². The molecule has 6 unspecified atom stereocenters. The molecule has 0 aromatic heterocycles. The molecule has 1 aliphatic heterocycles. The van der Waals surface area contributed by atoms with Crippen LogP contribution in [-0.4, -0.2) is 71.9 Å². The van der Waals surface area contributed by atoms with E-state index in [0.29, 0.717) is 13.0 Å². The summed E-state index contributed by atoms with van der Waals surface area (Å²) >= 11 is 0. The third-order valence-electron chi connectivity index (χ3n) is 12.3. The van der Waals surface area contributed by atoms with Crippen molar-refractivity contribution >= 4 is 5.78 Å².